The minimum absolute atomic E-state index is 0.0985. The molecule has 0 fully saturated rings. The van der Waals surface area contributed by atoms with Crippen LogP contribution in [-0.4, -0.2) is 5.78 Å². The molecule has 0 N–H and O–H groups in total. The zero-order chi connectivity index (χ0) is 8.43. The van der Waals surface area contributed by atoms with Crippen molar-refractivity contribution in [3.63, 3.8) is 0 Å². The van der Waals surface area contributed by atoms with Crippen LogP contribution < -0.4 is 0 Å². The number of benzene rings is 1. The van der Waals surface area contributed by atoms with Gasteiger partial charge in [-0.2, -0.15) is 0 Å². The van der Waals surface area contributed by atoms with Gasteiger partial charge in [0.25, 0.3) is 0 Å². The third-order valence-electron chi connectivity index (χ3n) is 1.60. The Balaban J connectivity index is 3.15. The molecule has 0 amide bonds. The molecule has 0 atom stereocenters. The average Bonchev–Trinajstić information content (AvgIpc) is 1.94. The normalized spacial score (nSPS) is 9.73. The molecule has 0 spiro atoms. The second-order valence-corrected chi connectivity index (χ2v) is 3.04. The van der Waals surface area contributed by atoms with Gasteiger partial charge in [-0.05, 0) is 31.5 Å². The van der Waals surface area contributed by atoms with Gasteiger partial charge in [0.2, 0.25) is 0 Å². The topological polar surface area (TPSA) is 17.1 Å². The van der Waals surface area contributed by atoms with E-state index in [2.05, 4.69) is 12.6 Å². The van der Waals surface area contributed by atoms with Gasteiger partial charge in [-0.25, -0.2) is 0 Å². The second kappa shape index (κ2) is 3.09. The lowest BCUT2D eigenvalue weighted by molar-refractivity contribution is 0.101. The summed E-state index contributed by atoms with van der Waals surface area (Å²) in [5.41, 5.74) is 1.79. The largest absolute Gasteiger partial charge is 0.295 e. The molecule has 0 aliphatic heterocycles. The van der Waals surface area contributed by atoms with Crippen molar-refractivity contribution in [2.24, 2.45) is 0 Å². The molecular weight excluding hydrogens is 156 g/mol. The first-order valence-corrected chi connectivity index (χ1v) is 3.86. The third kappa shape index (κ3) is 1.84. The van der Waals surface area contributed by atoms with Crippen molar-refractivity contribution < 1.29 is 4.79 Å². The lowest BCUT2D eigenvalue weighted by atomic mass is 10.1. The van der Waals surface area contributed by atoms with Gasteiger partial charge in [0.1, 0.15) is 0 Å². The summed E-state index contributed by atoms with van der Waals surface area (Å²) in [6.07, 6.45) is 0. The van der Waals surface area contributed by atoms with Crippen LogP contribution >= 0.6 is 12.6 Å². The smallest absolute Gasteiger partial charge is 0.159 e. The molecule has 1 aromatic carbocycles. The van der Waals surface area contributed by atoms with E-state index in [1.54, 1.807) is 13.0 Å². The molecule has 0 bridgehead atoms. The van der Waals surface area contributed by atoms with Gasteiger partial charge >= 0.3 is 0 Å². The fraction of sp³-hybridized carbons (Fsp3) is 0.222. The zero-order valence-corrected chi connectivity index (χ0v) is 7.48. The van der Waals surface area contributed by atoms with Gasteiger partial charge in [-0.15, -0.1) is 12.6 Å². The first-order valence-electron chi connectivity index (χ1n) is 3.42. The summed E-state index contributed by atoms with van der Waals surface area (Å²) >= 11 is 4.20. The van der Waals surface area contributed by atoms with Crippen molar-refractivity contribution in [1.29, 1.82) is 0 Å². The second-order valence-electron chi connectivity index (χ2n) is 2.56. The number of rotatable bonds is 1. The molecule has 0 heterocycles. The Bertz CT molecular complexity index is 292. The highest BCUT2D eigenvalue weighted by Crippen LogP contribution is 2.14. The third-order valence-corrected chi connectivity index (χ3v) is 2.11. The highest BCUT2D eigenvalue weighted by atomic mass is 32.1. The van der Waals surface area contributed by atoms with Gasteiger partial charge < -0.3 is 0 Å². The summed E-state index contributed by atoms with van der Waals surface area (Å²) in [5, 5.41) is 0. The van der Waals surface area contributed by atoms with E-state index in [1.807, 2.05) is 19.1 Å². The Kier molecular flexibility index (Phi) is 2.35. The Morgan fingerprint density at radius 2 is 2.09 bits per heavy atom. The molecule has 1 nitrogen and oxygen atoms in total. The number of hydrogen-bond acceptors (Lipinski definition) is 2. The molecule has 58 valence electrons. The van der Waals surface area contributed by atoms with Gasteiger partial charge in [0.05, 0.1) is 0 Å². The molecule has 2 heteroatoms. The van der Waals surface area contributed by atoms with Crippen LogP contribution in [0.2, 0.25) is 0 Å². The van der Waals surface area contributed by atoms with Crippen LogP contribution in [0.15, 0.2) is 23.1 Å². The summed E-state index contributed by atoms with van der Waals surface area (Å²) in [7, 11) is 0. The minimum atomic E-state index is 0.0985. The van der Waals surface area contributed by atoms with Crippen LogP contribution in [0.4, 0.5) is 0 Å². The van der Waals surface area contributed by atoms with Crippen LogP contribution in [0.5, 0.6) is 0 Å². The van der Waals surface area contributed by atoms with Gasteiger partial charge in [0, 0.05) is 10.5 Å². The van der Waals surface area contributed by atoms with Crippen molar-refractivity contribution in [2.45, 2.75) is 18.7 Å². The van der Waals surface area contributed by atoms with Crippen LogP contribution in [0.3, 0.4) is 0 Å². The van der Waals surface area contributed by atoms with Crippen molar-refractivity contribution in [3.8, 4) is 0 Å². The number of aryl methyl sites for hydroxylation is 1. The molecule has 0 saturated carbocycles. The zero-order valence-electron chi connectivity index (χ0n) is 6.59. The Morgan fingerprint density at radius 1 is 1.45 bits per heavy atom. The Morgan fingerprint density at radius 3 is 2.55 bits per heavy atom. The predicted molar refractivity (Wildman–Crippen MR) is 48.4 cm³/mol. The molecule has 0 radical (unpaired) electrons. The van der Waals surface area contributed by atoms with E-state index in [9.17, 15) is 4.79 Å². The predicted octanol–water partition coefficient (Wildman–Crippen LogP) is 2.49. The van der Waals surface area contributed by atoms with Crippen LogP contribution in [0.25, 0.3) is 0 Å². The average molecular weight is 166 g/mol. The van der Waals surface area contributed by atoms with E-state index >= 15 is 0 Å². The van der Waals surface area contributed by atoms with E-state index in [0.717, 1.165) is 16.0 Å². The van der Waals surface area contributed by atoms with Gasteiger partial charge in [-0.1, -0.05) is 6.07 Å². The highest BCUT2D eigenvalue weighted by molar-refractivity contribution is 7.80. The van der Waals surface area contributed by atoms with E-state index in [1.165, 1.54) is 0 Å². The summed E-state index contributed by atoms with van der Waals surface area (Å²) in [5.74, 6) is 0.0985. The first-order chi connectivity index (χ1) is 5.11. The fourth-order valence-corrected chi connectivity index (χ4v) is 1.01. The minimum Gasteiger partial charge on any atom is -0.295 e. The lowest BCUT2D eigenvalue weighted by Crippen LogP contribution is -1.92. The first kappa shape index (κ1) is 8.34. The quantitative estimate of drug-likeness (QED) is 0.501. The SMILES string of the molecule is CC(=O)c1ccc(S)c(C)c1. The van der Waals surface area contributed by atoms with Gasteiger partial charge in [-0.3, -0.25) is 4.79 Å². The Hall–Kier alpha value is -0.760. The Labute approximate surface area is 71.8 Å². The maximum absolute atomic E-state index is 10.9. The van der Waals surface area contributed by atoms with E-state index in [0.29, 0.717) is 0 Å². The van der Waals surface area contributed by atoms with E-state index in [-0.39, 0.29) is 5.78 Å². The van der Waals surface area contributed by atoms with Crippen molar-refractivity contribution in [2.75, 3.05) is 0 Å². The molecule has 0 aromatic heterocycles. The van der Waals surface area contributed by atoms with E-state index in [4.69, 9.17) is 0 Å². The molecular formula is C9H10OS. The highest BCUT2D eigenvalue weighted by Gasteiger charge is 1.99. The monoisotopic (exact) mass is 166 g/mol. The van der Waals surface area contributed by atoms with Crippen molar-refractivity contribution in [3.05, 3.63) is 29.3 Å². The standard InChI is InChI=1S/C9H10OS/c1-6-5-8(7(2)10)3-4-9(6)11/h3-5,11H,1-2H3. The molecule has 0 aliphatic rings. The number of thiol groups is 1. The van der Waals surface area contributed by atoms with Crippen LogP contribution in [0.1, 0.15) is 22.8 Å². The number of carbonyl (C=O) groups excluding carboxylic acids is 1. The number of Topliss-reactive ketones (excluding diaryl/α,β-unsaturated/α-hetero) is 1. The van der Waals surface area contributed by atoms with Gasteiger partial charge in [0.15, 0.2) is 5.78 Å². The molecule has 0 saturated heterocycles. The van der Waals surface area contributed by atoms with E-state index < -0.39 is 0 Å². The molecule has 0 unspecified atom stereocenters. The summed E-state index contributed by atoms with van der Waals surface area (Å²) in [4.78, 5) is 11.8. The molecule has 1 aromatic rings. The van der Waals surface area contributed by atoms with Crippen molar-refractivity contribution >= 4 is 18.4 Å². The summed E-state index contributed by atoms with van der Waals surface area (Å²) in [6, 6.07) is 5.48. The number of carbonyl (C=O) groups is 1. The fourth-order valence-electron chi connectivity index (χ4n) is 0.874. The summed E-state index contributed by atoms with van der Waals surface area (Å²) < 4.78 is 0. The molecule has 1 rings (SSSR count). The van der Waals surface area contributed by atoms with Crippen LogP contribution in [-0.2, 0) is 0 Å². The summed E-state index contributed by atoms with van der Waals surface area (Å²) in [6.45, 7) is 3.50. The van der Waals surface area contributed by atoms with Crippen LogP contribution in [0, 0.1) is 6.92 Å². The molecule has 11 heavy (non-hydrogen) atoms. The molecule has 0 aliphatic carbocycles. The van der Waals surface area contributed by atoms with Crippen molar-refractivity contribution in [1.82, 2.24) is 0 Å². The maximum atomic E-state index is 10.9. The maximum Gasteiger partial charge on any atom is 0.159 e. The number of hydrogen-bond donors (Lipinski definition) is 1. The number of ketones is 1. The lowest BCUT2D eigenvalue weighted by Gasteiger charge is -1.99.